The van der Waals surface area contributed by atoms with Crippen LogP contribution in [-0.4, -0.2) is 36.6 Å². The molecule has 0 aromatic carbocycles. The molecule has 1 N–H and O–H groups in total. The van der Waals surface area contributed by atoms with Crippen molar-refractivity contribution in [3.8, 4) is 0 Å². The fourth-order valence-corrected chi connectivity index (χ4v) is 2.66. The molecule has 0 radical (unpaired) electrons. The highest BCUT2D eigenvalue weighted by molar-refractivity contribution is 4.84. The van der Waals surface area contributed by atoms with Gasteiger partial charge >= 0.3 is 0 Å². The molecule has 2 nitrogen and oxygen atoms in total. The lowest BCUT2D eigenvalue weighted by Crippen LogP contribution is -2.44. The summed E-state index contributed by atoms with van der Waals surface area (Å²) in [6.07, 6.45) is 8.12. The zero-order valence-electron chi connectivity index (χ0n) is 14.6. The zero-order chi connectivity index (χ0) is 15.0. The first-order chi connectivity index (χ1) is 9.52. The van der Waals surface area contributed by atoms with Crippen LogP contribution in [0.4, 0.5) is 0 Å². The summed E-state index contributed by atoms with van der Waals surface area (Å²) < 4.78 is 0. The van der Waals surface area contributed by atoms with Crippen molar-refractivity contribution in [2.24, 2.45) is 11.8 Å². The van der Waals surface area contributed by atoms with Crippen LogP contribution in [0.15, 0.2) is 0 Å². The number of rotatable bonds is 12. The normalized spacial score (nSPS) is 17.4. The maximum atomic E-state index is 3.76. The summed E-state index contributed by atoms with van der Waals surface area (Å²) in [6, 6.07) is 1.59. The molecule has 1 fully saturated rings. The van der Waals surface area contributed by atoms with E-state index >= 15 is 0 Å². The van der Waals surface area contributed by atoms with Crippen molar-refractivity contribution in [3.05, 3.63) is 0 Å². The Balaban J connectivity index is 2.46. The summed E-state index contributed by atoms with van der Waals surface area (Å²) in [5.41, 5.74) is 0. The highest BCUT2D eigenvalue weighted by Gasteiger charge is 2.24. The van der Waals surface area contributed by atoms with Gasteiger partial charge in [0.15, 0.2) is 0 Å². The standard InChI is InChI=1S/C18H38N2/c1-6-7-18(14-19-17-8-9-17)20(12-10-15(2)3)13-11-16(4)5/h15-19H,6-14H2,1-5H3. The minimum Gasteiger partial charge on any atom is -0.312 e. The molecule has 1 saturated carbocycles. The van der Waals surface area contributed by atoms with Gasteiger partial charge in [-0.2, -0.15) is 0 Å². The Morgan fingerprint density at radius 3 is 1.90 bits per heavy atom. The monoisotopic (exact) mass is 282 g/mol. The second-order valence-corrected chi connectivity index (χ2v) is 7.53. The average molecular weight is 283 g/mol. The van der Waals surface area contributed by atoms with Gasteiger partial charge in [-0.15, -0.1) is 0 Å². The largest absolute Gasteiger partial charge is 0.312 e. The summed E-state index contributed by atoms with van der Waals surface area (Å²) in [6.45, 7) is 15.5. The van der Waals surface area contributed by atoms with E-state index in [1.54, 1.807) is 0 Å². The van der Waals surface area contributed by atoms with Crippen LogP contribution in [0.1, 0.15) is 73.1 Å². The number of hydrogen-bond donors (Lipinski definition) is 1. The molecule has 0 aromatic rings. The van der Waals surface area contributed by atoms with Gasteiger partial charge in [-0.1, -0.05) is 41.0 Å². The molecule has 1 aliphatic rings. The Bertz CT molecular complexity index is 222. The molecule has 1 aliphatic carbocycles. The molecule has 0 aromatic heterocycles. The molecule has 0 amide bonds. The third-order valence-electron chi connectivity index (χ3n) is 4.35. The summed E-state index contributed by atoms with van der Waals surface area (Å²) in [7, 11) is 0. The van der Waals surface area contributed by atoms with Crippen molar-refractivity contribution in [1.29, 1.82) is 0 Å². The molecule has 120 valence electrons. The Morgan fingerprint density at radius 1 is 0.950 bits per heavy atom. The Labute approximate surface area is 127 Å². The fourth-order valence-electron chi connectivity index (χ4n) is 2.66. The first-order valence-corrected chi connectivity index (χ1v) is 9.00. The van der Waals surface area contributed by atoms with Gasteiger partial charge in [0, 0.05) is 18.6 Å². The molecule has 1 atom stereocenters. The minimum atomic E-state index is 0.748. The average Bonchev–Trinajstić information content (AvgIpc) is 3.18. The first-order valence-electron chi connectivity index (χ1n) is 9.00. The lowest BCUT2D eigenvalue weighted by atomic mass is 10.0. The second kappa shape index (κ2) is 9.78. The topological polar surface area (TPSA) is 15.3 Å². The van der Waals surface area contributed by atoms with E-state index in [-0.39, 0.29) is 0 Å². The van der Waals surface area contributed by atoms with Gasteiger partial charge in [-0.05, 0) is 57.0 Å². The van der Waals surface area contributed by atoms with Gasteiger partial charge in [-0.3, -0.25) is 4.90 Å². The molecule has 0 saturated heterocycles. The molecular weight excluding hydrogens is 244 g/mol. The van der Waals surface area contributed by atoms with Crippen molar-refractivity contribution >= 4 is 0 Å². The zero-order valence-corrected chi connectivity index (χ0v) is 14.6. The molecule has 1 rings (SSSR count). The Morgan fingerprint density at radius 2 is 1.50 bits per heavy atom. The third-order valence-corrected chi connectivity index (χ3v) is 4.35. The maximum Gasteiger partial charge on any atom is 0.0220 e. The van der Waals surface area contributed by atoms with Crippen LogP contribution in [0.3, 0.4) is 0 Å². The molecule has 0 bridgehead atoms. The van der Waals surface area contributed by atoms with Gasteiger partial charge < -0.3 is 5.32 Å². The summed E-state index contributed by atoms with van der Waals surface area (Å²) in [5.74, 6) is 1.63. The van der Waals surface area contributed by atoms with Gasteiger partial charge in [0.1, 0.15) is 0 Å². The molecule has 0 aliphatic heterocycles. The van der Waals surface area contributed by atoms with Crippen molar-refractivity contribution in [2.45, 2.75) is 85.2 Å². The second-order valence-electron chi connectivity index (χ2n) is 7.53. The fraction of sp³-hybridized carbons (Fsp3) is 1.00. The van der Waals surface area contributed by atoms with Crippen LogP contribution in [0, 0.1) is 11.8 Å². The minimum absolute atomic E-state index is 0.748. The summed E-state index contributed by atoms with van der Waals surface area (Å²) in [4.78, 5) is 2.78. The number of nitrogens with one attached hydrogen (secondary N) is 1. The molecular formula is C18H38N2. The summed E-state index contributed by atoms with van der Waals surface area (Å²) >= 11 is 0. The van der Waals surface area contributed by atoms with Crippen LogP contribution in [0.2, 0.25) is 0 Å². The molecule has 0 spiro atoms. The van der Waals surface area contributed by atoms with E-state index in [2.05, 4.69) is 44.8 Å². The van der Waals surface area contributed by atoms with E-state index < -0.39 is 0 Å². The van der Waals surface area contributed by atoms with Crippen LogP contribution in [-0.2, 0) is 0 Å². The van der Waals surface area contributed by atoms with Gasteiger partial charge in [-0.25, -0.2) is 0 Å². The molecule has 20 heavy (non-hydrogen) atoms. The van der Waals surface area contributed by atoms with Gasteiger partial charge in [0.05, 0.1) is 0 Å². The Kier molecular flexibility index (Phi) is 8.79. The highest BCUT2D eigenvalue weighted by Crippen LogP contribution is 2.20. The highest BCUT2D eigenvalue weighted by atomic mass is 15.2. The Hall–Kier alpha value is -0.0800. The lowest BCUT2D eigenvalue weighted by Gasteiger charge is -2.33. The van der Waals surface area contributed by atoms with Crippen LogP contribution in [0.25, 0.3) is 0 Å². The van der Waals surface area contributed by atoms with Crippen molar-refractivity contribution in [2.75, 3.05) is 19.6 Å². The summed E-state index contributed by atoms with van der Waals surface area (Å²) in [5, 5.41) is 3.76. The van der Waals surface area contributed by atoms with Gasteiger partial charge in [0.2, 0.25) is 0 Å². The molecule has 2 heteroatoms. The third kappa shape index (κ3) is 8.26. The predicted molar refractivity (Wildman–Crippen MR) is 90.2 cm³/mol. The number of hydrogen-bond acceptors (Lipinski definition) is 2. The quantitative estimate of drug-likeness (QED) is 0.574. The number of nitrogens with zero attached hydrogens (tertiary/aromatic N) is 1. The SMILES string of the molecule is CCCC(CNC1CC1)N(CCC(C)C)CCC(C)C. The smallest absolute Gasteiger partial charge is 0.0220 e. The lowest BCUT2D eigenvalue weighted by molar-refractivity contribution is 0.163. The van der Waals surface area contributed by atoms with E-state index in [4.69, 9.17) is 0 Å². The van der Waals surface area contributed by atoms with Crippen LogP contribution >= 0.6 is 0 Å². The van der Waals surface area contributed by atoms with Crippen molar-refractivity contribution < 1.29 is 0 Å². The van der Waals surface area contributed by atoms with E-state index in [0.717, 1.165) is 23.9 Å². The first kappa shape index (κ1) is 18.0. The van der Waals surface area contributed by atoms with E-state index in [9.17, 15) is 0 Å². The molecule has 1 unspecified atom stereocenters. The van der Waals surface area contributed by atoms with Crippen LogP contribution < -0.4 is 5.32 Å². The molecule has 0 heterocycles. The maximum absolute atomic E-state index is 3.76. The van der Waals surface area contributed by atoms with E-state index in [1.165, 1.54) is 58.2 Å². The predicted octanol–water partition coefficient (Wildman–Crippen LogP) is 4.30. The van der Waals surface area contributed by atoms with E-state index in [0.29, 0.717) is 0 Å². The van der Waals surface area contributed by atoms with Crippen LogP contribution in [0.5, 0.6) is 0 Å². The van der Waals surface area contributed by atoms with E-state index in [1.807, 2.05) is 0 Å². The van der Waals surface area contributed by atoms with Crippen molar-refractivity contribution in [3.63, 3.8) is 0 Å². The van der Waals surface area contributed by atoms with Gasteiger partial charge in [0.25, 0.3) is 0 Å². The van der Waals surface area contributed by atoms with Crippen molar-refractivity contribution in [1.82, 2.24) is 10.2 Å².